The summed E-state index contributed by atoms with van der Waals surface area (Å²) in [5.74, 6) is 0. The molecule has 6 rings (SSSR count). The minimum absolute atomic E-state index is 1.05. The smallest absolute Gasteiger partial charge is 0.0464 e. The Kier molecular flexibility index (Phi) is 6.69. The van der Waals surface area contributed by atoms with Crippen LogP contribution in [0.1, 0.15) is 0 Å². The molecule has 0 bridgehead atoms. The van der Waals surface area contributed by atoms with Gasteiger partial charge in [0.15, 0.2) is 0 Å². The predicted molar refractivity (Wildman–Crippen MR) is 162 cm³/mol. The van der Waals surface area contributed by atoms with Gasteiger partial charge in [0, 0.05) is 33.9 Å². The maximum Gasteiger partial charge on any atom is 0.0464 e. The first-order chi connectivity index (χ1) is 18.8. The van der Waals surface area contributed by atoms with Crippen molar-refractivity contribution in [1.29, 1.82) is 0 Å². The lowest BCUT2D eigenvalue weighted by molar-refractivity contribution is 1.51. The van der Waals surface area contributed by atoms with E-state index >= 15 is 0 Å². The third-order valence-electron chi connectivity index (χ3n) is 6.64. The van der Waals surface area contributed by atoms with E-state index in [0.717, 1.165) is 28.3 Å². The molecule has 182 valence electrons. The number of rotatable bonds is 7. The molecule has 0 aliphatic rings. The van der Waals surface area contributed by atoms with Crippen molar-refractivity contribution in [3.8, 4) is 33.4 Å². The third-order valence-corrected chi connectivity index (χ3v) is 6.64. The first kappa shape index (κ1) is 23.3. The van der Waals surface area contributed by atoms with Gasteiger partial charge in [0.2, 0.25) is 0 Å². The highest BCUT2D eigenvalue weighted by atomic mass is 14.9. The van der Waals surface area contributed by atoms with E-state index < -0.39 is 0 Å². The van der Waals surface area contributed by atoms with Gasteiger partial charge in [-0.25, -0.2) is 0 Å². The molecule has 6 aromatic rings. The highest BCUT2D eigenvalue weighted by Gasteiger charge is 2.10. The molecule has 0 saturated heterocycles. The van der Waals surface area contributed by atoms with Crippen LogP contribution in [0.4, 0.5) is 22.7 Å². The monoisotopic (exact) mass is 488 g/mol. The lowest BCUT2D eigenvalue weighted by Gasteiger charge is -2.16. The van der Waals surface area contributed by atoms with Crippen LogP contribution < -0.4 is 10.6 Å². The molecule has 0 atom stereocenters. The summed E-state index contributed by atoms with van der Waals surface area (Å²) in [6, 6.07) is 55.1. The van der Waals surface area contributed by atoms with Crippen LogP contribution in [0.25, 0.3) is 33.4 Å². The first-order valence-electron chi connectivity index (χ1n) is 12.9. The predicted octanol–water partition coefficient (Wildman–Crippen LogP) is 10.2. The molecule has 2 N–H and O–H groups in total. The Morgan fingerprint density at radius 1 is 0.289 bits per heavy atom. The van der Waals surface area contributed by atoms with Gasteiger partial charge < -0.3 is 10.6 Å². The molecule has 2 heteroatoms. The summed E-state index contributed by atoms with van der Waals surface area (Å²) in [7, 11) is 0. The second-order valence-electron chi connectivity index (χ2n) is 9.23. The van der Waals surface area contributed by atoms with Gasteiger partial charge in [0.1, 0.15) is 0 Å². The maximum atomic E-state index is 3.66. The van der Waals surface area contributed by atoms with E-state index in [9.17, 15) is 0 Å². The number of nitrogens with one attached hydrogen (secondary N) is 2. The molecule has 0 amide bonds. The molecule has 0 aliphatic carbocycles. The second-order valence-corrected chi connectivity index (χ2v) is 9.23. The number of anilines is 4. The zero-order chi connectivity index (χ0) is 25.6. The van der Waals surface area contributed by atoms with Crippen LogP contribution in [0.15, 0.2) is 158 Å². The molecule has 0 saturated carbocycles. The van der Waals surface area contributed by atoms with Gasteiger partial charge in [-0.2, -0.15) is 0 Å². The number of benzene rings is 6. The topological polar surface area (TPSA) is 24.1 Å². The summed E-state index contributed by atoms with van der Waals surface area (Å²) in [6.07, 6.45) is 0. The first-order valence-corrected chi connectivity index (χ1v) is 12.9. The molecule has 0 aliphatic heterocycles. The minimum atomic E-state index is 1.05. The van der Waals surface area contributed by atoms with Crippen molar-refractivity contribution in [3.05, 3.63) is 158 Å². The van der Waals surface area contributed by atoms with Crippen LogP contribution >= 0.6 is 0 Å². The Hall–Kier alpha value is -5.08. The number of hydrogen-bond donors (Lipinski definition) is 2. The van der Waals surface area contributed by atoms with Crippen LogP contribution in [-0.2, 0) is 0 Å². The Labute approximate surface area is 224 Å². The maximum absolute atomic E-state index is 3.66. The summed E-state index contributed by atoms with van der Waals surface area (Å²) < 4.78 is 0. The molecular formula is C36H28N2. The van der Waals surface area contributed by atoms with Crippen molar-refractivity contribution in [1.82, 2.24) is 0 Å². The van der Waals surface area contributed by atoms with Gasteiger partial charge in [-0.15, -0.1) is 0 Å². The van der Waals surface area contributed by atoms with Crippen LogP contribution in [-0.4, -0.2) is 0 Å². The molecule has 0 unspecified atom stereocenters. The fourth-order valence-electron chi connectivity index (χ4n) is 4.76. The molecule has 6 aromatic carbocycles. The highest BCUT2D eigenvalue weighted by Crippen LogP contribution is 2.36. The Balaban J connectivity index is 1.35. The molecule has 2 nitrogen and oxygen atoms in total. The van der Waals surface area contributed by atoms with E-state index in [1.54, 1.807) is 0 Å². The summed E-state index contributed by atoms with van der Waals surface area (Å²) in [5.41, 5.74) is 11.3. The molecule has 38 heavy (non-hydrogen) atoms. The van der Waals surface area contributed by atoms with Gasteiger partial charge in [0.05, 0.1) is 0 Å². The fraction of sp³-hybridized carbons (Fsp3) is 0. The number of para-hydroxylation sites is 2. The number of hydrogen-bond acceptors (Lipinski definition) is 2. The van der Waals surface area contributed by atoms with Crippen LogP contribution in [0.2, 0.25) is 0 Å². The van der Waals surface area contributed by atoms with Crippen molar-refractivity contribution in [3.63, 3.8) is 0 Å². The van der Waals surface area contributed by atoms with E-state index in [0.29, 0.717) is 0 Å². The van der Waals surface area contributed by atoms with Gasteiger partial charge >= 0.3 is 0 Å². The normalized spacial score (nSPS) is 10.6. The molecule has 0 heterocycles. The zero-order valence-corrected chi connectivity index (χ0v) is 21.0. The van der Waals surface area contributed by atoms with Crippen molar-refractivity contribution in [2.24, 2.45) is 0 Å². The van der Waals surface area contributed by atoms with Gasteiger partial charge in [-0.1, -0.05) is 115 Å². The Morgan fingerprint density at radius 2 is 0.789 bits per heavy atom. The summed E-state index contributed by atoms with van der Waals surface area (Å²) in [5, 5.41) is 7.26. The molecule has 0 spiro atoms. The molecule has 0 aromatic heterocycles. The van der Waals surface area contributed by atoms with Crippen molar-refractivity contribution < 1.29 is 0 Å². The van der Waals surface area contributed by atoms with E-state index in [1.807, 2.05) is 24.3 Å². The van der Waals surface area contributed by atoms with Gasteiger partial charge in [-0.3, -0.25) is 0 Å². The van der Waals surface area contributed by atoms with Crippen LogP contribution in [0, 0.1) is 0 Å². The lowest BCUT2D eigenvalue weighted by Crippen LogP contribution is -1.95. The zero-order valence-electron chi connectivity index (χ0n) is 21.0. The Bertz CT molecular complexity index is 1640. The standard InChI is InChI=1S/C36H28N2/c1-4-13-27(14-5-1)33-21-10-11-22-35(33)38-32-20-12-17-29(25-32)30-23-24-36(37-31-18-8-3-9-19-31)34(26-30)28-15-6-2-7-16-28/h1-26,37-38H. The van der Waals surface area contributed by atoms with Crippen molar-refractivity contribution in [2.45, 2.75) is 0 Å². The second kappa shape index (κ2) is 10.9. The van der Waals surface area contributed by atoms with E-state index in [1.165, 1.54) is 27.8 Å². The van der Waals surface area contributed by atoms with Crippen LogP contribution in [0.3, 0.4) is 0 Å². The Morgan fingerprint density at radius 3 is 1.53 bits per heavy atom. The quantitative estimate of drug-likeness (QED) is 0.233. The summed E-state index contributed by atoms with van der Waals surface area (Å²) >= 11 is 0. The minimum Gasteiger partial charge on any atom is -0.355 e. The third kappa shape index (κ3) is 5.21. The van der Waals surface area contributed by atoms with E-state index in [-0.39, 0.29) is 0 Å². The average Bonchev–Trinajstić information content (AvgIpc) is 2.99. The van der Waals surface area contributed by atoms with Gasteiger partial charge in [0.25, 0.3) is 0 Å². The highest BCUT2D eigenvalue weighted by molar-refractivity contribution is 5.86. The average molecular weight is 489 g/mol. The molecule has 0 fully saturated rings. The van der Waals surface area contributed by atoms with Crippen molar-refractivity contribution in [2.75, 3.05) is 10.6 Å². The van der Waals surface area contributed by atoms with E-state index in [4.69, 9.17) is 0 Å². The lowest BCUT2D eigenvalue weighted by atomic mass is 9.97. The molecule has 0 radical (unpaired) electrons. The van der Waals surface area contributed by atoms with Crippen LogP contribution in [0.5, 0.6) is 0 Å². The largest absolute Gasteiger partial charge is 0.355 e. The summed E-state index contributed by atoms with van der Waals surface area (Å²) in [4.78, 5) is 0. The SMILES string of the molecule is c1ccc(Nc2ccc(-c3cccc(Nc4ccccc4-c4ccccc4)c3)cc2-c2ccccc2)cc1. The fourth-order valence-corrected chi connectivity index (χ4v) is 4.76. The summed E-state index contributed by atoms with van der Waals surface area (Å²) in [6.45, 7) is 0. The van der Waals surface area contributed by atoms with Crippen molar-refractivity contribution >= 4 is 22.7 Å². The molecular weight excluding hydrogens is 460 g/mol. The van der Waals surface area contributed by atoms with Gasteiger partial charge in [-0.05, 0) is 64.7 Å². The van der Waals surface area contributed by atoms with E-state index in [2.05, 4.69) is 144 Å².